The highest BCUT2D eigenvalue weighted by atomic mass is 19.4. The third-order valence-electron chi connectivity index (χ3n) is 7.36. The molecule has 43 heavy (non-hydrogen) atoms. The SMILES string of the molecule is NC1=NC(c2ccc(F)cc2)(c2ccc(F)cc2)C(=O)N1Cc1cccc(C(=O)N2CCn3nc(C(F)(F)F)nc3C2)c1. The van der Waals surface area contributed by atoms with Crippen molar-refractivity contribution in [2.24, 2.45) is 10.7 Å². The highest BCUT2D eigenvalue weighted by molar-refractivity contribution is 6.09. The second kappa shape index (κ2) is 10.3. The molecule has 0 atom stereocenters. The van der Waals surface area contributed by atoms with Gasteiger partial charge in [0.1, 0.15) is 17.5 Å². The fraction of sp³-hybridized carbons (Fsp3) is 0.207. The molecule has 3 heterocycles. The van der Waals surface area contributed by atoms with E-state index in [1.807, 2.05) is 0 Å². The van der Waals surface area contributed by atoms with Crippen molar-refractivity contribution in [3.63, 3.8) is 0 Å². The van der Waals surface area contributed by atoms with Crippen molar-refractivity contribution in [3.05, 3.63) is 118 Å². The highest BCUT2D eigenvalue weighted by Crippen LogP contribution is 2.40. The molecule has 3 aromatic carbocycles. The maximum absolute atomic E-state index is 14.0. The largest absolute Gasteiger partial charge is 0.453 e. The van der Waals surface area contributed by atoms with Crippen LogP contribution in [0.3, 0.4) is 0 Å². The molecule has 4 aromatic rings. The summed E-state index contributed by atoms with van der Waals surface area (Å²) in [6.45, 7) is -0.0658. The minimum atomic E-state index is -4.70. The van der Waals surface area contributed by atoms with Gasteiger partial charge < -0.3 is 10.6 Å². The number of benzene rings is 3. The number of hydrogen-bond donors (Lipinski definition) is 1. The van der Waals surface area contributed by atoms with Crippen LogP contribution in [0, 0.1) is 11.6 Å². The predicted octanol–water partition coefficient (Wildman–Crippen LogP) is 3.83. The molecule has 6 rings (SSSR count). The van der Waals surface area contributed by atoms with Gasteiger partial charge in [-0.3, -0.25) is 14.5 Å². The van der Waals surface area contributed by atoms with Crippen molar-refractivity contribution >= 4 is 17.8 Å². The van der Waals surface area contributed by atoms with Gasteiger partial charge in [-0.05, 0) is 53.1 Å². The molecule has 14 heteroatoms. The number of nitrogens with zero attached hydrogens (tertiary/aromatic N) is 6. The summed E-state index contributed by atoms with van der Waals surface area (Å²) in [5.74, 6) is -3.41. The van der Waals surface area contributed by atoms with Crippen molar-refractivity contribution in [1.29, 1.82) is 0 Å². The molecular formula is C29H22F5N7O2. The molecule has 2 aliphatic heterocycles. The number of halogens is 5. The van der Waals surface area contributed by atoms with Gasteiger partial charge in [0.25, 0.3) is 17.6 Å². The zero-order valence-electron chi connectivity index (χ0n) is 22.2. The van der Waals surface area contributed by atoms with Gasteiger partial charge in [0, 0.05) is 12.1 Å². The molecule has 0 radical (unpaired) electrons. The van der Waals surface area contributed by atoms with Crippen LogP contribution in [0.25, 0.3) is 0 Å². The van der Waals surface area contributed by atoms with Gasteiger partial charge in [-0.25, -0.2) is 23.4 Å². The number of carbonyl (C=O) groups excluding carboxylic acids is 2. The van der Waals surface area contributed by atoms with Gasteiger partial charge in [-0.2, -0.15) is 13.2 Å². The molecule has 1 aromatic heterocycles. The fourth-order valence-corrected chi connectivity index (χ4v) is 5.25. The molecule has 0 unspecified atom stereocenters. The number of aromatic nitrogens is 3. The normalized spacial score (nSPS) is 16.3. The van der Waals surface area contributed by atoms with Gasteiger partial charge >= 0.3 is 6.18 Å². The number of nitrogens with two attached hydrogens (primary N) is 1. The molecule has 2 amide bonds. The van der Waals surface area contributed by atoms with Crippen molar-refractivity contribution in [2.45, 2.75) is 31.3 Å². The molecule has 0 fully saturated rings. The highest BCUT2D eigenvalue weighted by Gasteiger charge is 2.50. The molecule has 2 aliphatic rings. The zero-order chi connectivity index (χ0) is 30.5. The van der Waals surface area contributed by atoms with E-state index in [2.05, 4.69) is 15.1 Å². The minimum Gasteiger partial charge on any atom is -0.369 e. The maximum Gasteiger partial charge on any atom is 0.453 e. The van der Waals surface area contributed by atoms with Crippen LogP contribution in [0.2, 0.25) is 0 Å². The van der Waals surface area contributed by atoms with Crippen molar-refractivity contribution in [3.8, 4) is 0 Å². The third-order valence-corrected chi connectivity index (χ3v) is 7.36. The van der Waals surface area contributed by atoms with Gasteiger partial charge in [0.15, 0.2) is 11.5 Å². The van der Waals surface area contributed by atoms with E-state index in [1.54, 1.807) is 24.3 Å². The number of rotatable bonds is 5. The Morgan fingerprint density at radius 1 is 0.930 bits per heavy atom. The average molecular weight is 596 g/mol. The van der Waals surface area contributed by atoms with Crippen LogP contribution in [0.4, 0.5) is 22.0 Å². The standard InChI is InChI=1S/C29H22F5N7O2/c30-21-8-4-19(5-9-21)28(20-6-10-22(31)11-7-20)26(43)40(27(35)37-28)15-17-2-1-3-18(14-17)24(42)39-12-13-41-23(16-39)36-25(38-41)29(32,33)34/h1-11,14H,12-13,15-16H2,(H2,35,37). The zero-order valence-corrected chi connectivity index (χ0v) is 22.2. The summed E-state index contributed by atoms with van der Waals surface area (Å²) >= 11 is 0. The maximum atomic E-state index is 14.0. The van der Waals surface area contributed by atoms with Crippen LogP contribution in [-0.4, -0.2) is 48.9 Å². The molecule has 0 aliphatic carbocycles. The number of hydrogen-bond acceptors (Lipinski definition) is 6. The van der Waals surface area contributed by atoms with Crippen LogP contribution < -0.4 is 5.73 Å². The Morgan fingerprint density at radius 3 is 2.16 bits per heavy atom. The lowest BCUT2D eigenvalue weighted by Crippen LogP contribution is -2.43. The van der Waals surface area contributed by atoms with E-state index >= 15 is 0 Å². The smallest absolute Gasteiger partial charge is 0.369 e. The molecule has 0 bridgehead atoms. The predicted molar refractivity (Wildman–Crippen MR) is 142 cm³/mol. The Bertz CT molecular complexity index is 1700. The molecule has 0 saturated heterocycles. The lowest BCUT2D eigenvalue weighted by molar-refractivity contribution is -0.145. The van der Waals surface area contributed by atoms with E-state index in [0.29, 0.717) is 16.7 Å². The number of amides is 2. The summed E-state index contributed by atoms with van der Waals surface area (Å²) in [5, 5.41) is 3.48. The van der Waals surface area contributed by atoms with E-state index in [9.17, 15) is 31.5 Å². The van der Waals surface area contributed by atoms with Crippen LogP contribution in [0.15, 0.2) is 77.8 Å². The Balaban J connectivity index is 1.26. The first kappa shape index (κ1) is 28.0. The quantitative estimate of drug-likeness (QED) is 0.353. The number of carbonyl (C=O) groups is 2. The summed E-state index contributed by atoms with van der Waals surface area (Å²) in [6.07, 6.45) is -4.70. The van der Waals surface area contributed by atoms with E-state index in [4.69, 9.17) is 5.73 Å². The van der Waals surface area contributed by atoms with Crippen LogP contribution >= 0.6 is 0 Å². The minimum absolute atomic E-state index is 0.0210. The fourth-order valence-electron chi connectivity index (χ4n) is 5.25. The number of alkyl halides is 3. The first-order valence-corrected chi connectivity index (χ1v) is 13.0. The Labute approximate surface area is 241 Å². The van der Waals surface area contributed by atoms with Gasteiger partial charge in [0.2, 0.25) is 0 Å². The van der Waals surface area contributed by atoms with Crippen LogP contribution in [-0.2, 0) is 36.1 Å². The lowest BCUT2D eigenvalue weighted by atomic mass is 9.82. The lowest BCUT2D eigenvalue weighted by Gasteiger charge is -2.28. The van der Waals surface area contributed by atoms with Crippen molar-refractivity contribution in [1.82, 2.24) is 24.6 Å². The molecule has 9 nitrogen and oxygen atoms in total. The summed E-state index contributed by atoms with van der Waals surface area (Å²) < 4.78 is 67.8. The second-order valence-electron chi connectivity index (χ2n) is 10.1. The summed E-state index contributed by atoms with van der Waals surface area (Å²) in [6, 6.07) is 16.8. The molecule has 0 saturated carbocycles. The second-order valence-corrected chi connectivity index (χ2v) is 10.1. The summed E-state index contributed by atoms with van der Waals surface area (Å²) in [4.78, 5) is 38.0. The van der Waals surface area contributed by atoms with Crippen LogP contribution in [0.1, 0.15) is 38.7 Å². The average Bonchev–Trinajstić information content (AvgIpc) is 3.53. The number of guanidine groups is 1. The van der Waals surface area contributed by atoms with Crippen LogP contribution in [0.5, 0.6) is 0 Å². The molecule has 220 valence electrons. The topological polar surface area (TPSA) is 110 Å². The molecular weight excluding hydrogens is 573 g/mol. The Hall–Kier alpha value is -5.14. The van der Waals surface area contributed by atoms with E-state index < -0.39 is 41.0 Å². The van der Waals surface area contributed by atoms with Crippen molar-refractivity contribution < 1.29 is 31.5 Å². The number of aliphatic imine (C=N–C) groups is 1. The van der Waals surface area contributed by atoms with E-state index in [-0.39, 0.29) is 43.5 Å². The van der Waals surface area contributed by atoms with E-state index in [0.717, 1.165) is 4.68 Å². The van der Waals surface area contributed by atoms with Gasteiger partial charge in [-0.1, -0.05) is 36.4 Å². The number of fused-ring (bicyclic) bond motifs is 1. The van der Waals surface area contributed by atoms with Gasteiger partial charge in [-0.15, -0.1) is 5.10 Å². The first-order chi connectivity index (χ1) is 20.5. The monoisotopic (exact) mass is 595 g/mol. The molecule has 2 N–H and O–H groups in total. The van der Waals surface area contributed by atoms with E-state index in [1.165, 1.54) is 58.3 Å². The first-order valence-electron chi connectivity index (χ1n) is 13.0. The summed E-state index contributed by atoms with van der Waals surface area (Å²) in [5.41, 5.74) is 5.97. The molecule has 0 spiro atoms. The van der Waals surface area contributed by atoms with Gasteiger partial charge in [0.05, 0.1) is 19.6 Å². The van der Waals surface area contributed by atoms with Crippen molar-refractivity contribution in [2.75, 3.05) is 6.54 Å². The third kappa shape index (κ3) is 4.98. The Morgan fingerprint density at radius 2 is 1.56 bits per heavy atom. The Kier molecular flexibility index (Phi) is 6.70. The summed E-state index contributed by atoms with van der Waals surface area (Å²) in [7, 11) is 0.